The molecule has 0 aliphatic rings. The number of benzene rings is 1. The van der Waals surface area contributed by atoms with Gasteiger partial charge < -0.3 is 0 Å². The summed E-state index contributed by atoms with van der Waals surface area (Å²) in [4.78, 5) is -0.0784. The van der Waals surface area contributed by atoms with Crippen LogP contribution in [0, 0.1) is 0 Å². The van der Waals surface area contributed by atoms with Crippen molar-refractivity contribution in [2.24, 2.45) is 0 Å². The number of halogens is 5. The van der Waals surface area contributed by atoms with E-state index in [0.717, 1.165) is 4.31 Å². The number of hydrogen-bond donors (Lipinski definition) is 0. The molecule has 0 aliphatic heterocycles. The van der Waals surface area contributed by atoms with E-state index in [0.29, 0.717) is 9.50 Å². The Balaban J connectivity index is 3.14. The molecular formula is C10H10Br2ClF2NO2S. The maximum absolute atomic E-state index is 12.4. The van der Waals surface area contributed by atoms with E-state index in [2.05, 4.69) is 31.9 Å². The van der Waals surface area contributed by atoms with Gasteiger partial charge in [-0.25, -0.2) is 17.2 Å². The van der Waals surface area contributed by atoms with Crippen molar-refractivity contribution in [1.29, 1.82) is 0 Å². The van der Waals surface area contributed by atoms with Crippen LogP contribution in [0.1, 0.15) is 0 Å². The minimum absolute atomic E-state index is 0.0348. The molecule has 0 atom stereocenters. The maximum atomic E-state index is 12.4. The minimum atomic E-state index is -3.96. The van der Waals surface area contributed by atoms with Gasteiger partial charge in [0.05, 0.1) is 16.5 Å². The van der Waals surface area contributed by atoms with E-state index in [-0.39, 0.29) is 16.8 Å². The van der Waals surface area contributed by atoms with E-state index in [1.54, 1.807) is 0 Å². The maximum Gasteiger partial charge on any atom is 0.252 e. The number of alkyl halides is 3. The third-order valence-electron chi connectivity index (χ3n) is 2.20. The van der Waals surface area contributed by atoms with Gasteiger partial charge in [-0.3, -0.25) is 0 Å². The summed E-state index contributed by atoms with van der Waals surface area (Å²) in [7, 11) is -3.96. The summed E-state index contributed by atoms with van der Waals surface area (Å²) in [6, 6.07) is 3.98. The van der Waals surface area contributed by atoms with Crippen LogP contribution in [0.3, 0.4) is 0 Å². The molecule has 0 N–H and O–H groups in total. The summed E-state index contributed by atoms with van der Waals surface area (Å²) in [5.74, 6) is 0. The van der Waals surface area contributed by atoms with E-state index in [4.69, 9.17) is 11.6 Å². The molecule has 0 saturated heterocycles. The largest absolute Gasteiger partial charge is 0.252 e. The van der Waals surface area contributed by atoms with Crippen molar-refractivity contribution in [3.8, 4) is 0 Å². The van der Waals surface area contributed by atoms with Crippen molar-refractivity contribution < 1.29 is 17.2 Å². The molecule has 0 spiro atoms. The van der Waals surface area contributed by atoms with Crippen LogP contribution in [-0.4, -0.2) is 37.6 Å². The first kappa shape index (κ1) is 17.3. The zero-order valence-corrected chi connectivity index (χ0v) is 14.2. The zero-order valence-electron chi connectivity index (χ0n) is 9.49. The van der Waals surface area contributed by atoms with Gasteiger partial charge in [-0.2, -0.15) is 4.31 Å². The summed E-state index contributed by atoms with van der Waals surface area (Å²) in [6.45, 7) is -0.874. The Morgan fingerprint density at radius 1 is 1.37 bits per heavy atom. The normalized spacial score (nSPS) is 12.4. The summed E-state index contributed by atoms with van der Waals surface area (Å²) < 4.78 is 50.5. The van der Waals surface area contributed by atoms with E-state index in [9.17, 15) is 17.2 Å². The number of nitrogens with zero attached hydrogens (tertiary/aromatic N) is 1. The minimum Gasteiger partial charge on any atom is -0.209 e. The summed E-state index contributed by atoms with van der Waals surface area (Å²) >= 11 is 11.9. The molecule has 0 amide bonds. The Bertz CT molecular complexity index is 542. The average molecular weight is 442 g/mol. The van der Waals surface area contributed by atoms with Crippen LogP contribution in [0.25, 0.3) is 0 Å². The predicted octanol–water partition coefficient (Wildman–Crippen LogP) is 3.75. The smallest absolute Gasteiger partial charge is 0.209 e. The summed E-state index contributed by atoms with van der Waals surface area (Å²) in [5, 5.41) is 0.619. The quantitative estimate of drug-likeness (QED) is 0.631. The third kappa shape index (κ3) is 4.63. The molecule has 0 radical (unpaired) electrons. The highest BCUT2D eigenvalue weighted by Crippen LogP contribution is 2.27. The van der Waals surface area contributed by atoms with Crippen molar-refractivity contribution in [3.05, 3.63) is 27.7 Å². The first-order valence-electron chi connectivity index (χ1n) is 5.08. The van der Waals surface area contributed by atoms with Gasteiger partial charge in [-0.05, 0) is 34.1 Å². The Hall–Kier alpha value is 0.240. The highest BCUT2D eigenvalue weighted by atomic mass is 79.9. The van der Waals surface area contributed by atoms with Gasteiger partial charge >= 0.3 is 0 Å². The fourth-order valence-corrected chi connectivity index (χ4v) is 4.10. The molecule has 1 aromatic carbocycles. The second-order valence-corrected chi connectivity index (χ2v) is 7.51. The van der Waals surface area contributed by atoms with Crippen molar-refractivity contribution in [2.75, 3.05) is 18.4 Å². The molecular weight excluding hydrogens is 431 g/mol. The molecule has 0 aliphatic carbocycles. The molecule has 0 fully saturated rings. The van der Waals surface area contributed by atoms with Crippen molar-refractivity contribution in [3.63, 3.8) is 0 Å². The van der Waals surface area contributed by atoms with Gasteiger partial charge in [0.1, 0.15) is 0 Å². The lowest BCUT2D eigenvalue weighted by molar-refractivity contribution is 0.121. The molecule has 0 bridgehead atoms. The molecule has 1 aromatic rings. The van der Waals surface area contributed by atoms with E-state index < -0.39 is 23.0 Å². The molecule has 0 aromatic heterocycles. The molecule has 0 heterocycles. The van der Waals surface area contributed by atoms with Crippen LogP contribution in [0.15, 0.2) is 27.6 Å². The molecule has 108 valence electrons. The Labute approximate surface area is 132 Å². The lowest BCUT2D eigenvalue weighted by Crippen LogP contribution is -2.36. The second kappa shape index (κ2) is 7.31. The number of sulfonamides is 1. The van der Waals surface area contributed by atoms with Gasteiger partial charge in [0.25, 0.3) is 6.43 Å². The summed E-state index contributed by atoms with van der Waals surface area (Å²) in [6.07, 6.45) is -2.73. The van der Waals surface area contributed by atoms with Crippen LogP contribution in [0.2, 0.25) is 5.02 Å². The Morgan fingerprint density at radius 3 is 2.47 bits per heavy atom. The fourth-order valence-electron chi connectivity index (χ4n) is 1.34. The molecule has 0 saturated carbocycles. The van der Waals surface area contributed by atoms with Crippen LogP contribution in [0.5, 0.6) is 0 Å². The highest BCUT2D eigenvalue weighted by molar-refractivity contribution is 9.10. The lowest BCUT2D eigenvalue weighted by Gasteiger charge is -2.21. The Morgan fingerprint density at radius 2 is 2.00 bits per heavy atom. The third-order valence-corrected chi connectivity index (χ3v) is 5.63. The van der Waals surface area contributed by atoms with E-state index in [1.165, 1.54) is 18.2 Å². The molecule has 9 heteroatoms. The van der Waals surface area contributed by atoms with Crippen LogP contribution in [0.4, 0.5) is 8.78 Å². The monoisotopic (exact) mass is 439 g/mol. The van der Waals surface area contributed by atoms with E-state index in [1.807, 2.05) is 0 Å². The van der Waals surface area contributed by atoms with Crippen LogP contribution >= 0.6 is 43.5 Å². The summed E-state index contributed by atoms with van der Waals surface area (Å²) in [5.41, 5.74) is 0. The van der Waals surface area contributed by atoms with Gasteiger partial charge in [0.2, 0.25) is 10.0 Å². The first-order chi connectivity index (χ1) is 8.78. The Kier molecular flexibility index (Phi) is 6.65. The van der Waals surface area contributed by atoms with Crippen LogP contribution < -0.4 is 0 Å². The number of hydrogen-bond acceptors (Lipinski definition) is 2. The second-order valence-electron chi connectivity index (χ2n) is 3.52. The van der Waals surface area contributed by atoms with E-state index >= 15 is 0 Å². The molecule has 0 unspecified atom stereocenters. The SMILES string of the molecule is O=S(=O)(c1ccc(Cl)c(Br)c1)N(CCBr)CC(F)F. The molecule has 3 nitrogen and oxygen atoms in total. The fraction of sp³-hybridized carbons (Fsp3) is 0.400. The predicted molar refractivity (Wildman–Crippen MR) is 77.7 cm³/mol. The standard InChI is InChI=1S/C10H10Br2ClF2NO2S/c11-3-4-16(6-10(14)15)19(17,18)7-1-2-9(13)8(12)5-7/h1-2,5,10H,3-4,6H2. The van der Waals surface area contributed by atoms with Crippen molar-refractivity contribution >= 4 is 53.5 Å². The highest BCUT2D eigenvalue weighted by Gasteiger charge is 2.27. The van der Waals surface area contributed by atoms with Crippen molar-refractivity contribution in [1.82, 2.24) is 4.31 Å². The lowest BCUT2D eigenvalue weighted by atomic mass is 10.4. The number of rotatable bonds is 6. The average Bonchev–Trinajstić information content (AvgIpc) is 2.31. The van der Waals surface area contributed by atoms with Crippen LogP contribution in [-0.2, 0) is 10.0 Å². The van der Waals surface area contributed by atoms with Gasteiger partial charge in [-0.1, -0.05) is 27.5 Å². The van der Waals surface area contributed by atoms with Gasteiger partial charge in [0.15, 0.2) is 0 Å². The molecule has 1 rings (SSSR count). The van der Waals surface area contributed by atoms with Crippen molar-refractivity contribution in [2.45, 2.75) is 11.3 Å². The van der Waals surface area contributed by atoms with Gasteiger partial charge in [0, 0.05) is 16.3 Å². The topological polar surface area (TPSA) is 37.4 Å². The zero-order chi connectivity index (χ0) is 14.6. The van der Waals surface area contributed by atoms with Gasteiger partial charge in [-0.15, -0.1) is 0 Å². The molecule has 19 heavy (non-hydrogen) atoms. The first-order valence-corrected chi connectivity index (χ1v) is 8.81.